The second kappa shape index (κ2) is 7.55. The van der Waals surface area contributed by atoms with Crippen LogP contribution in [-0.4, -0.2) is 55.2 Å². The summed E-state index contributed by atoms with van der Waals surface area (Å²) in [7, 11) is 0. The van der Waals surface area contributed by atoms with Crippen LogP contribution < -0.4 is 15.0 Å². The highest BCUT2D eigenvalue weighted by molar-refractivity contribution is 5.89. The molecule has 1 amide bonds. The van der Waals surface area contributed by atoms with Crippen LogP contribution in [0.2, 0.25) is 0 Å². The van der Waals surface area contributed by atoms with Gasteiger partial charge in [0.05, 0.1) is 12.2 Å². The summed E-state index contributed by atoms with van der Waals surface area (Å²) in [5, 5.41) is 16.6. The number of nitrogens with zero attached hydrogens (tertiary/aromatic N) is 2. The Kier molecular flexibility index (Phi) is 5.38. The van der Waals surface area contributed by atoms with Crippen LogP contribution in [0.1, 0.15) is 19.8 Å². The highest BCUT2D eigenvalue weighted by Crippen LogP contribution is 2.30. The van der Waals surface area contributed by atoms with E-state index in [4.69, 9.17) is 9.47 Å². The average Bonchev–Trinajstić information content (AvgIpc) is 2.99. The van der Waals surface area contributed by atoms with Crippen molar-refractivity contribution in [1.82, 2.24) is 5.32 Å². The molecule has 0 radical (unpaired) electrons. The van der Waals surface area contributed by atoms with E-state index < -0.39 is 23.6 Å². The third-order valence-corrected chi connectivity index (χ3v) is 4.86. The number of ether oxygens (including phenoxy) is 2. The standard InChI is InChI=1S/C17H22FN3O5/c1-11-9-21(16(23)26-11)12-2-3-14(13(18)8-12)25-10-15(22)17(20-24)4-6-19-7-5-17/h2-3,8,11,15,19,22H,4-7,9-10H2,1H3. The van der Waals surface area contributed by atoms with Gasteiger partial charge in [0, 0.05) is 6.07 Å². The molecule has 2 N–H and O–H groups in total. The van der Waals surface area contributed by atoms with Crippen LogP contribution in [0.5, 0.6) is 5.75 Å². The molecular weight excluding hydrogens is 345 g/mol. The first-order valence-corrected chi connectivity index (χ1v) is 8.59. The summed E-state index contributed by atoms with van der Waals surface area (Å²) >= 11 is 0. The number of halogens is 1. The zero-order chi connectivity index (χ0) is 18.7. The quantitative estimate of drug-likeness (QED) is 0.744. The Hall–Kier alpha value is -2.26. The van der Waals surface area contributed by atoms with Crippen LogP contribution >= 0.6 is 0 Å². The van der Waals surface area contributed by atoms with E-state index in [1.54, 1.807) is 13.0 Å². The van der Waals surface area contributed by atoms with Crippen LogP contribution in [0.4, 0.5) is 14.9 Å². The Labute approximate surface area is 150 Å². The van der Waals surface area contributed by atoms with Crippen LogP contribution in [0.3, 0.4) is 0 Å². The number of hydrogen-bond acceptors (Lipinski definition) is 7. The van der Waals surface area contributed by atoms with Gasteiger partial charge in [-0.2, -0.15) is 4.91 Å². The molecule has 0 aliphatic carbocycles. The molecule has 2 saturated heterocycles. The number of benzene rings is 1. The Balaban J connectivity index is 1.65. The average molecular weight is 367 g/mol. The lowest BCUT2D eigenvalue weighted by molar-refractivity contribution is 0.0245. The first kappa shape index (κ1) is 18.5. The molecule has 0 spiro atoms. The number of carbonyl (C=O) groups is 1. The Morgan fingerprint density at radius 2 is 2.23 bits per heavy atom. The van der Waals surface area contributed by atoms with Crippen molar-refractivity contribution in [2.24, 2.45) is 5.18 Å². The van der Waals surface area contributed by atoms with E-state index in [1.165, 1.54) is 17.0 Å². The topological polar surface area (TPSA) is 100 Å². The fourth-order valence-corrected chi connectivity index (χ4v) is 3.26. The fourth-order valence-electron chi connectivity index (χ4n) is 3.26. The third-order valence-electron chi connectivity index (χ3n) is 4.86. The van der Waals surface area contributed by atoms with E-state index in [1.807, 2.05) is 0 Å². The number of aliphatic hydroxyl groups is 1. The van der Waals surface area contributed by atoms with E-state index in [2.05, 4.69) is 10.5 Å². The maximum Gasteiger partial charge on any atom is 0.414 e. The van der Waals surface area contributed by atoms with Crippen molar-refractivity contribution in [2.75, 3.05) is 31.1 Å². The maximum atomic E-state index is 14.3. The maximum absolute atomic E-state index is 14.3. The molecule has 9 heteroatoms. The van der Waals surface area contributed by atoms with Gasteiger partial charge < -0.3 is 19.9 Å². The Bertz CT molecular complexity index is 680. The zero-order valence-corrected chi connectivity index (χ0v) is 14.5. The number of nitrogens with one attached hydrogen (secondary N) is 1. The highest BCUT2D eigenvalue weighted by atomic mass is 19.1. The van der Waals surface area contributed by atoms with E-state index >= 15 is 0 Å². The van der Waals surface area contributed by atoms with Crippen molar-refractivity contribution in [2.45, 2.75) is 37.5 Å². The summed E-state index contributed by atoms with van der Waals surface area (Å²) in [6, 6.07) is 4.11. The minimum Gasteiger partial charge on any atom is -0.488 e. The third kappa shape index (κ3) is 3.63. The number of aliphatic hydroxyl groups excluding tert-OH is 1. The van der Waals surface area contributed by atoms with E-state index in [0.717, 1.165) is 0 Å². The predicted octanol–water partition coefficient (Wildman–Crippen LogP) is 1.80. The molecule has 142 valence electrons. The Morgan fingerprint density at radius 3 is 2.81 bits per heavy atom. The normalized spacial score (nSPS) is 23.4. The van der Waals surface area contributed by atoms with Crippen LogP contribution in [-0.2, 0) is 4.74 Å². The molecule has 2 aliphatic rings. The van der Waals surface area contributed by atoms with Crippen molar-refractivity contribution in [1.29, 1.82) is 0 Å². The van der Waals surface area contributed by atoms with Gasteiger partial charge in [0.2, 0.25) is 0 Å². The minimum absolute atomic E-state index is 0.0663. The van der Waals surface area contributed by atoms with Crippen LogP contribution in [0.25, 0.3) is 0 Å². The molecule has 1 aromatic rings. The van der Waals surface area contributed by atoms with Gasteiger partial charge >= 0.3 is 6.09 Å². The molecule has 26 heavy (non-hydrogen) atoms. The molecule has 2 fully saturated rings. The van der Waals surface area contributed by atoms with Crippen LogP contribution in [0.15, 0.2) is 23.4 Å². The van der Waals surface area contributed by atoms with Gasteiger partial charge in [-0.05, 0) is 45.0 Å². The van der Waals surface area contributed by atoms with Crippen molar-refractivity contribution in [3.05, 3.63) is 28.9 Å². The summed E-state index contributed by atoms with van der Waals surface area (Å²) in [6.07, 6.45) is -1.11. The van der Waals surface area contributed by atoms with Gasteiger partial charge in [0.25, 0.3) is 0 Å². The first-order valence-electron chi connectivity index (χ1n) is 8.59. The molecule has 3 rings (SSSR count). The number of anilines is 1. The number of rotatable bonds is 6. The molecule has 0 aromatic heterocycles. The number of amides is 1. The predicted molar refractivity (Wildman–Crippen MR) is 91.8 cm³/mol. The number of cyclic esters (lactones) is 1. The van der Waals surface area contributed by atoms with E-state index in [0.29, 0.717) is 38.2 Å². The lowest BCUT2D eigenvalue weighted by atomic mass is 9.84. The summed E-state index contributed by atoms with van der Waals surface area (Å²) in [5.74, 6) is -0.733. The van der Waals surface area contributed by atoms with Crippen molar-refractivity contribution in [3.63, 3.8) is 0 Å². The lowest BCUT2D eigenvalue weighted by Gasteiger charge is -2.34. The number of piperidine rings is 1. The molecular formula is C17H22FN3O5. The number of nitroso groups, excluding NO2 is 1. The SMILES string of the molecule is CC1CN(c2ccc(OCC(O)C3(N=O)CCNCC3)c(F)c2)C(=O)O1. The molecule has 2 atom stereocenters. The van der Waals surface area contributed by atoms with Crippen molar-refractivity contribution in [3.8, 4) is 5.75 Å². The smallest absolute Gasteiger partial charge is 0.414 e. The number of hydrogen-bond donors (Lipinski definition) is 2. The van der Waals surface area contributed by atoms with Gasteiger partial charge in [-0.25, -0.2) is 9.18 Å². The van der Waals surface area contributed by atoms with Gasteiger partial charge in [0.15, 0.2) is 11.6 Å². The van der Waals surface area contributed by atoms with Crippen molar-refractivity contribution >= 4 is 11.8 Å². The fraction of sp³-hybridized carbons (Fsp3) is 0.588. The van der Waals surface area contributed by atoms with Gasteiger partial charge in [-0.15, -0.1) is 0 Å². The largest absolute Gasteiger partial charge is 0.488 e. The second-order valence-electron chi connectivity index (χ2n) is 6.69. The Morgan fingerprint density at radius 1 is 1.50 bits per heavy atom. The van der Waals surface area contributed by atoms with E-state index in [9.17, 15) is 19.2 Å². The van der Waals surface area contributed by atoms with Gasteiger partial charge in [0.1, 0.15) is 24.4 Å². The molecule has 2 aliphatic heterocycles. The first-order chi connectivity index (χ1) is 12.4. The second-order valence-corrected chi connectivity index (χ2v) is 6.69. The summed E-state index contributed by atoms with van der Waals surface area (Å²) in [4.78, 5) is 24.3. The molecule has 2 heterocycles. The molecule has 8 nitrogen and oxygen atoms in total. The number of carbonyl (C=O) groups excluding carboxylic acids is 1. The lowest BCUT2D eigenvalue weighted by Crippen LogP contribution is -2.50. The van der Waals surface area contributed by atoms with Gasteiger partial charge in [-0.3, -0.25) is 4.90 Å². The summed E-state index contributed by atoms with van der Waals surface area (Å²) in [5.41, 5.74) is -0.744. The molecule has 0 saturated carbocycles. The summed E-state index contributed by atoms with van der Waals surface area (Å²) < 4.78 is 24.7. The highest BCUT2D eigenvalue weighted by Gasteiger charge is 2.41. The zero-order valence-electron chi connectivity index (χ0n) is 14.5. The van der Waals surface area contributed by atoms with E-state index in [-0.39, 0.29) is 18.5 Å². The summed E-state index contributed by atoms with van der Waals surface area (Å²) in [6.45, 7) is 3.01. The molecule has 2 unspecified atom stereocenters. The molecule has 1 aromatic carbocycles. The minimum atomic E-state index is -1.13. The van der Waals surface area contributed by atoms with Crippen LogP contribution in [0, 0.1) is 10.7 Å². The monoisotopic (exact) mass is 367 g/mol. The van der Waals surface area contributed by atoms with Gasteiger partial charge in [-0.1, -0.05) is 5.18 Å². The molecule has 0 bridgehead atoms. The van der Waals surface area contributed by atoms with Crippen molar-refractivity contribution < 1.29 is 23.8 Å².